The van der Waals surface area contributed by atoms with Crippen LogP contribution < -0.4 is 0 Å². The Labute approximate surface area is 549 Å². The van der Waals surface area contributed by atoms with Gasteiger partial charge in [0.25, 0.3) is 0 Å². The first-order valence-corrected chi connectivity index (χ1v) is 40.1. The molecule has 2 unspecified atom stereocenters. The number of ether oxygens (including phenoxy) is 4. The average molecular weight is 1330 g/mol. The number of carbonyl (C=O) groups excluding carboxylic acids is 4. The van der Waals surface area contributed by atoms with E-state index in [-0.39, 0.29) is 25.7 Å². The monoisotopic (exact) mass is 1320 g/mol. The fourth-order valence-electron chi connectivity index (χ4n) is 10.8. The summed E-state index contributed by atoms with van der Waals surface area (Å²) >= 11 is 0. The average Bonchev–Trinajstić information content (AvgIpc) is 3.73. The Hall–Kier alpha value is -1.94. The quantitative estimate of drug-likeness (QED) is 0.0222. The molecular weight excluding hydrogens is 1190 g/mol. The van der Waals surface area contributed by atoms with Crippen LogP contribution in [0.2, 0.25) is 0 Å². The largest absolute Gasteiger partial charge is 0.472 e. The first-order chi connectivity index (χ1) is 43.5. The number of hydrogen-bond acceptors (Lipinski definition) is 15. The summed E-state index contributed by atoms with van der Waals surface area (Å²) in [7, 11) is -9.89. The van der Waals surface area contributed by atoms with Crippen molar-refractivity contribution >= 4 is 39.5 Å². The maximum atomic E-state index is 13.0. The van der Waals surface area contributed by atoms with Crippen LogP contribution in [-0.4, -0.2) is 96.7 Å². The van der Waals surface area contributed by atoms with Crippen molar-refractivity contribution in [1.29, 1.82) is 0 Å². The van der Waals surface area contributed by atoms with Crippen molar-refractivity contribution in [2.45, 2.75) is 387 Å². The van der Waals surface area contributed by atoms with Crippen LogP contribution in [0.25, 0.3) is 0 Å². The summed E-state index contributed by atoms with van der Waals surface area (Å²) in [5, 5.41) is 10.6. The van der Waals surface area contributed by atoms with Crippen molar-refractivity contribution in [3.8, 4) is 0 Å². The lowest BCUT2D eigenvalue weighted by atomic mass is 10.0. The van der Waals surface area contributed by atoms with Gasteiger partial charge in [0, 0.05) is 25.7 Å². The van der Waals surface area contributed by atoms with Crippen LogP contribution in [0.1, 0.15) is 369 Å². The van der Waals surface area contributed by atoms with E-state index in [0.717, 1.165) is 109 Å². The minimum absolute atomic E-state index is 0.105. The summed E-state index contributed by atoms with van der Waals surface area (Å²) in [5.74, 6) is -1.37. The lowest BCUT2D eigenvalue weighted by molar-refractivity contribution is -0.161. The smallest absolute Gasteiger partial charge is 0.462 e. The predicted octanol–water partition coefficient (Wildman–Crippen LogP) is 20.5. The van der Waals surface area contributed by atoms with E-state index in [1.165, 1.54) is 180 Å². The topological polar surface area (TPSA) is 237 Å². The van der Waals surface area contributed by atoms with Gasteiger partial charge in [0.05, 0.1) is 26.4 Å². The van der Waals surface area contributed by atoms with Crippen molar-refractivity contribution in [3.63, 3.8) is 0 Å². The molecule has 19 heteroatoms. The van der Waals surface area contributed by atoms with Crippen LogP contribution >= 0.6 is 15.6 Å². The third-order valence-electron chi connectivity index (χ3n) is 16.5. The summed E-state index contributed by atoms with van der Waals surface area (Å²) in [6, 6.07) is 0. The van der Waals surface area contributed by atoms with Crippen LogP contribution in [0.5, 0.6) is 0 Å². The highest BCUT2D eigenvalue weighted by atomic mass is 31.2. The number of carbonyl (C=O) groups is 4. The number of aliphatic hydroxyl groups is 1. The first kappa shape index (κ1) is 88.1. The lowest BCUT2D eigenvalue weighted by Crippen LogP contribution is -2.30. The van der Waals surface area contributed by atoms with Crippen LogP contribution in [0, 0.1) is 5.92 Å². The van der Waals surface area contributed by atoms with Crippen molar-refractivity contribution in [2.24, 2.45) is 5.92 Å². The van der Waals surface area contributed by atoms with Gasteiger partial charge in [-0.25, -0.2) is 9.13 Å². The molecule has 0 aliphatic carbocycles. The zero-order valence-corrected chi connectivity index (χ0v) is 60.1. The standard InChI is InChI=1S/C71H138O17P2/c1-6-9-12-15-18-21-22-23-24-25-26-27-28-29-30-31-32-37-42-47-52-57-71(76)88-67(61-82-69(74)55-50-45-41-36-34-33-35-38-43-48-53-64(4)5)63-86-90(79,80)84-59-65(72)58-83-89(77,78)85-62-66(87-70(75)56-51-46-40-20-17-14-11-8-3)60-81-68(73)54-49-44-39-19-16-13-10-7-2/h64-67,72H,6-63H2,1-5H3,(H,77,78)(H,79,80)/t65-,66+,67+/m0/s1. The molecule has 0 aromatic rings. The Morgan fingerprint density at radius 2 is 0.511 bits per heavy atom. The highest BCUT2D eigenvalue weighted by molar-refractivity contribution is 7.47. The molecule has 0 aromatic heterocycles. The molecule has 0 fully saturated rings. The summed E-state index contributed by atoms with van der Waals surface area (Å²) in [6.07, 6.45) is 51.6. The van der Waals surface area contributed by atoms with E-state index >= 15 is 0 Å². The van der Waals surface area contributed by atoms with E-state index in [2.05, 4.69) is 34.6 Å². The molecule has 0 aliphatic heterocycles. The SMILES string of the molecule is CCCCCCCCCCCCCCCCCCCCCCCC(=O)O[C@H](COC(=O)CCCCCCCCCCCCC(C)C)COP(=O)(O)OC[C@@H](O)COP(=O)(O)OC[C@@H](COC(=O)CCCCCCCCCC)OC(=O)CCCCCCCCCC. The second kappa shape index (κ2) is 64.4. The second-order valence-electron chi connectivity index (χ2n) is 26.1. The normalized spacial score (nSPS) is 14.1. The van der Waals surface area contributed by atoms with Crippen molar-refractivity contribution in [2.75, 3.05) is 39.6 Å². The summed E-state index contributed by atoms with van der Waals surface area (Å²) in [5.41, 5.74) is 0. The fourth-order valence-corrected chi connectivity index (χ4v) is 12.4. The zero-order chi connectivity index (χ0) is 66.3. The Morgan fingerprint density at radius 1 is 0.300 bits per heavy atom. The molecule has 0 radical (unpaired) electrons. The van der Waals surface area contributed by atoms with Gasteiger partial charge in [0.2, 0.25) is 0 Å². The van der Waals surface area contributed by atoms with Gasteiger partial charge < -0.3 is 33.8 Å². The summed E-state index contributed by atoms with van der Waals surface area (Å²) in [4.78, 5) is 72.3. The van der Waals surface area contributed by atoms with E-state index in [9.17, 15) is 43.2 Å². The second-order valence-corrected chi connectivity index (χ2v) is 29.0. The number of phosphoric ester groups is 2. The Bertz CT molecular complexity index is 1740. The molecule has 0 amide bonds. The molecule has 534 valence electrons. The first-order valence-electron chi connectivity index (χ1n) is 37.1. The Balaban J connectivity index is 5.13. The number of phosphoric acid groups is 2. The molecule has 0 saturated heterocycles. The van der Waals surface area contributed by atoms with E-state index in [1.807, 2.05) is 0 Å². The number of aliphatic hydroxyl groups excluding tert-OH is 1. The van der Waals surface area contributed by atoms with E-state index in [0.29, 0.717) is 25.7 Å². The predicted molar refractivity (Wildman–Crippen MR) is 363 cm³/mol. The van der Waals surface area contributed by atoms with Crippen LogP contribution in [0.15, 0.2) is 0 Å². The molecule has 0 aromatic carbocycles. The number of hydrogen-bond donors (Lipinski definition) is 3. The van der Waals surface area contributed by atoms with Gasteiger partial charge >= 0.3 is 39.5 Å². The molecule has 90 heavy (non-hydrogen) atoms. The maximum Gasteiger partial charge on any atom is 0.472 e. The third-order valence-corrected chi connectivity index (χ3v) is 18.4. The molecule has 17 nitrogen and oxygen atoms in total. The highest BCUT2D eigenvalue weighted by Crippen LogP contribution is 2.45. The van der Waals surface area contributed by atoms with Crippen LogP contribution in [-0.2, 0) is 65.4 Å². The number of unbranched alkanes of at least 4 members (excludes halogenated alkanes) is 43. The van der Waals surface area contributed by atoms with Gasteiger partial charge in [-0.1, -0.05) is 317 Å². The molecule has 0 bridgehead atoms. The molecule has 0 saturated carbocycles. The van der Waals surface area contributed by atoms with Gasteiger partial charge in [-0.2, -0.15) is 0 Å². The van der Waals surface area contributed by atoms with Gasteiger partial charge in [0.15, 0.2) is 12.2 Å². The third kappa shape index (κ3) is 64.8. The van der Waals surface area contributed by atoms with Crippen LogP contribution in [0.3, 0.4) is 0 Å². The fraction of sp³-hybridized carbons (Fsp3) is 0.944. The Morgan fingerprint density at radius 3 is 0.756 bits per heavy atom. The maximum absolute atomic E-state index is 13.0. The number of esters is 4. The van der Waals surface area contributed by atoms with E-state index in [1.54, 1.807) is 0 Å². The van der Waals surface area contributed by atoms with Crippen molar-refractivity contribution < 1.29 is 80.2 Å². The van der Waals surface area contributed by atoms with Crippen LogP contribution in [0.4, 0.5) is 0 Å². The molecule has 5 atom stereocenters. The lowest BCUT2D eigenvalue weighted by Gasteiger charge is -2.21. The van der Waals surface area contributed by atoms with Gasteiger partial charge in [0.1, 0.15) is 19.3 Å². The van der Waals surface area contributed by atoms with Gasteiger partial charge in [-0.15, -0.1) is 0 Å². The molecule has 0 aliphatic rings. The van der Waals surface area contributed by atoms with E-state index in [4.69, 9.17) is 37.0 Å². The molecule has 0 spiro atoms. The number of rotatable bonds is 71. The van der Waals surface area contributed by atoms with Crippen molar-refractivity contribution in [1.82, 2.24) is 0 Å². The van der Waals surface area contributed by atoms with Gasteiger partial charge in [-0.3, -0.25) is 37.3 Å². The van der Waals surface area contributed by atoms with Gasteiger partial charge in [-0.05, 0) is 31.6 Å². The highest BCUT2D eigenvalue weighted by Gasteiger charge is 2.30. The summed E-state index contributed by atoms with van der Waals surface area (Å²) < 4.78 is 68.1. The molecule has 0 rings (SSSR count). The minimum atomic E-state index is -4.95. The van der Waals surface area contributed by atoms with Crippen molar-refractivity contribution in [3.05, 3.63) is 0 Å². The molecule has 3 N–H and O–H groups in total. The Kier molecular flexibility index (Phi) is 63.0. The zero-order valence-electron chi connectivity index (χ0n) is 58.3. The van der Waals surface area contributed by atoms with E-state index < -0.39 is 97.5 Å². The summed E-state index contributed by atoms with van der Waals surface area (Å²) in [6.45, 7) is 7.19. The minimum Gasteiger partial charge on any atom is -0.462 e. The molecule has 0 heterocycles. The molecular formula is C71H138O17P2.